The first-order valence-corrected chi connectivity index (χ1v) is 16.1. The Balaban J connectivity index is 1.35. The van der Waals surface area contributed by atoms with E-state index in [0.29, 0.717) is 36.0 Å². The van der Waals surface area contributed by atoms with Gasteiger partial charge in [0.05, 0.1) is 9.79 Å². The molecule has 2 fully saturated rings. The van der Waals surface area contributed by atoms with Crippen LogP contribution >= 0.6 is 21.6 Å². The van der Waals surface area contributed by atoms with E-state index < -0.39 is 20.0 Å². The summed E-state index contributed by atoms with van der Waals surface area (Å²) in [6.45, 7) is 4.96. The number of piperazine rings is 2. The first kappa shape index (κ1) is 26.0. The third kappa shape index (κ3) is 5.98. The van der Waals surface area contributed by atoms with Crippen molar-refractivity contribution in [1.29, 1.82) is 0 Å². The van der Waals surface area contributed by atoms with Crippen molar-refractivity contribution in [3.05, 3.63) is 48.5 Å². The fourth-order valence-corrected chi connectivity index (χ4v) is 8.56. The summed E-state index contributed by atoms with van der Waals surface area (Å²) in [4.78, 5) is 6.72. The van der Waals surface area contributed by atoms with E-state index in [-0.39, 0.29) is 0 Å². The summed E-state index contributed by atoms with van der Waals surface area (Å²) in [5, 5.41) is 0. The second-order valence-electron chi connectivity index (χ2n) is 8.52. The molecule has 0 N–H and O–H groups in total. The van der Waals surface area contributed by atoms with Crippen molar-refractivity contribution in [3.8, 4) is 0 Å². The van der Waals surface area contributed by atoms with Crippen LogP contribution in [0.1, 0.15) is 0 Å². The van der Waals surface area contributed by atoms with Gasteiger partial charge in [-0.1, -0.05) is 21.6 Å². The largest absolute Gasteiger partial charge is 0.304 e. The van der Waals surface area contributed by atoms with Gasteiger partial charge in [-0.15, -0.1) is 0 Å². The van der Waals surface area contributed by atoms with Gasteiger partial charge in [-0.05, 0) is 62.6 Å². The zero-order valence-corrected chi connectivity index (χ0v) is 22.6. The minimum absolute atomic E-state index is 0.310. The molecule has 2 saturated heterocycles. The van der Waals surface area contributed by atoms with Crippen LogP contribution in [-0.2, 0) is 20.0 Å². The third-order valence-corrected chi connectivity index (χ3v) is 12.3. The van der Waals surface area contributed by atoms with E-state index in [2.05, 4.69) is 9.80 Å². The Kier molecular flexibility index (Phi) is 8.30. The molecule has 0 saturated carbocycles. The van der Waals surface area contributed by atoms with Crippen molar-refractivity contribution in [2.45, 2.75) is 19.6 Å². The number of hydrogen-bond donors (Lipinski definition) is 0. The van der Waals surface area contributed by atoms with E-state index in [4.69, 9.17) is 0 Å². The Bertz CT molecular complexity index is 1080. The summed E-state index contributed by atoms with van der Waals surface area (Å²) in [6.07, 6.45) is 0. The van der Waals surface area contributed by atoms with E-state index in [1.165, 1.54) is 21.6 Å². The molecule has 0 atom stereocenters. The van der Waals surface area contributed by atoms with Crippen LogP contribution in [0.2, 0.25) is 0 Å². The Hall–Kier alpha value is -1.12. The van der Waals surface area contributed by atoms with Gasteiger partial charge in [0.15, 0.2) is 0 Å². The Morgan fingerprint density at radius 2 is 0.824 bits per heavy atom. The molecule has 0 bridgehead atoms. The smallest absolute Gasteiger partial charge is 0.243 e. The summed E-state index contributed by atoms with van der Waals surface area (Å²) >= 11 is 0. The lowest BCUT2D eigenvalue weighted by molar-refractivity contribution is 0.222. The molecule has 2 aromatic carbocycles. The summed E-state index contributed by atoms with van der Waals surface area (Å²) < 4.78 is 54.6. The average molecular weight is 543 g/mol. The van der Waals surface area contributed by atoms with Gasteiger partial charge in [0.2, 0.25) is 20.0 Å². The topological polar surface area (TPSA) is 81.2 Å². The van der Waals surface area contributed by atoms with E-state index in [1.807, 2.05) is 38.4 Å². The predicted octanol–water partition coefficient (Wildman–Crippen LogP) is 2.36. The molecule has 2 aliphatic rings. The molecule has 2 heterocycles. The maximum absolute atomic E-state index is 12.9. The molecule has 0 radical (unpaired) electrons. The highest BCUT2D eigenvalue weighted by Gasteiger charge is 2.28. The van der Waals surface area contributed by atoms with Gasteiger partial charge in [0.25, 0.3) is 0 Å². The lowest BCUT2D eigenvalue weighted by Gasteiger charge is -2.31. The van der Waals surface area contributed by atoms with Crippen LogP contribution in [0.3, 0.4) is 0 Å². The van der Waals surface area contributed by atoms with Crippen LogP contribution in [0.4, 0.5) is 0 Å². The molecule has 4 rings (SSSR count). The van der Waals surface area contributed by atoms with Gasteiger partial charge < -0.3 is 9.80 Å². The van der Waals surface area contributed by atoms with Gasteiger partial charge in [-0.25, -0.2) is 16.8 Å². The molecule has 8 nitrogen and oxygen atoms in total. The van der Waals surface area contributed by atoms with Gasteiger partial charge in [0.1, 0.15) is 0 Å². The first-order valence-electron chi connectivity index (χ1n) is 11.1. The molecule has 0 spiro atoms. The lowest BCUT2D eigenvalue weighted by atomic mass is 10.4. The highest BCUT2D eigenvalue weighted by atomic mass is 33.1. The van der Waals surface area contributed by atoms with Crippen LogP contribution in [-0.4, -0.2) is 102 Å². The molecule has 34 heavy (non-hydrogen) atoms. The van der Waals surface area contributed by atoms with Crippen molar-refractivity contribution in [1.82, 2.24) is 18.4 Å². The van der Waals surface area contributed by atoms with Crippen molar-refractivity contribution >= 4 is 41.6 Å². The summed E-state index contributed by atoms with van der Waals surface area (Å²) in [5.41, 5.74) is 0. The maximum Gasteiger partial charge on any atom is 0.243 e. The van der Waals surface area contributed by atoms with Gasteiger partial charge in [-0.3, -0.25) is 0 Å². The number of hydrogen-bond acceptors (Lipinski definition) is 8. The van der Waals surface area contributed by atoms with E-state index in [9.17, 15) is 16.8 Å². The van der Waals surface area contributed by atoms with Crippen LogP contribution in [0.25, 0.3) is 0 Å². The molecule has 12 heteroatoms. The summed E-state index contributed by atoms with van der Waals surface area (Å²) in [6, 6.07) is 13.9. The Labute approximate surface area is 210 Å². The zero-order chi connectivity index (χ0) is 24.3. The minimum atomic E-state index is -3.47. The molecule has 186 valence electrons. The quantitative estimate of drug-likeness (QED) is 0.494. The van der Waals surface area contributed by atoms with Crippen LogP contribution in [0.5, 0.6) is 0 Å². The Morgan fingerprint density at radius 3 is 1.12 bits per heavy atom. The fraction of sp³-hybridized carbons (Fsp3) is 0.455. The van der Waals surface area contributed by atoms with Crippen LogP contribution < -0.4 is 0 Å². The molecule has 0 aliphatic carbocycles. The number of likely N-dealkylation sites (N-methyl/N-ethyl adjacent to an activating group) is 2. The normalized spacial score (nSPS) is 19.9. The van der Waals surface area contributed by atoms with Gasteiger partial charge in [0, 0.05) is 62.1 Å². The van der Waals surface area contributed by atoms with E-state index in [1.54, 1.807) is 32.9 Å². The lowest BCUT2D eigenvalue weighted by Crippen LogP contribution is -2.46. The van der Waals surface area contributed by atoms with E-state index in [0.717, 1.165) is 36.0 Å². The SMILES string of the molecule is CN1CCN(S(=O)(=O)c2ccc(SSc3ccc(S(=O)(=O)N4CCN(C)CC4)cc3)cc2)CC1. The van der Waals surface area contributed by atoms with Gasteiger partial charge >= 0.3 is 0 Å². The van der Waals surface area contributed by atoms with Crippen molar-refractivity contribution < 1.29 is 16.8 Å². The second-order valence-corrected chi connectivity index (χ2v) is 14.7. The van der Waals surface area contributed by atoms with E-state index >= 15 is 0 Å². The molecular formula is C22H30N4O4S4. The zero-order valence-electron chi connectivity index (χ0n) is 19.3. The molecule has 0 aromatic heterocycles. The molecular weight excluding hydrogens is 513 g/mol. The molecule has 0 unspecified atom stereocenters. The predicted molar refractivity (Wildman–Crippen MR) is 137 cm³/mol. The third-order valence-electron chi connectivity index (χ3n) is 6.08. The van der Waals surface area contributed by atoms with Crippen molar-refractivity contribution in [2.24, 2.45) is 0 Å². The maximum atomic E-state index is 12.9. The van der Waals surface area contributed by atoms with Gasteiger partial charge in [-0.2, -0.15) is 8.61 Å². The highest BCUT2D eigenvalue weighted by Crippen LogP contribution is 2.38. The van der Waals surface area contributed by atoms with Crippen molar-refractivity contribution in [2.75, 3.05) is 66.5 Å². The number of benzene rings is 2. The molecule has 2 aromatic rings. The summed E-state index contributed by atoms with van der Waals surface area (Å²) in [7, 11) is 0.0536. The number of sulfonamides is 2. The summed E-state index contributed by atoms with van der Waals surface area (Å²) in [5.74, 6) is 0. The standard InChI is InChI=1S/C22H30N4O4S4/c1-23-11-15-25(16-12-23)33(27,28)21-7-3-19(4-8-21)31-32-20-5-9-22(10-6-20)34(29,30)26-17-13-24(2)14-18-26/h3-10H,11-18H2,1-2H3. The Morgan fingerprint density at radius 1 is 0.529 bits per heavy atom. The number of nitrogens with zero attached hydrogens (tertiary/aromatic N) is 4. The fourth-order valence-electron chi connectivity index (χ4n) is 3.79. The highest BCUT2D eigenvalue weighted by molar-refractivity contribution is 8.76. The first-order chi connectivity index (χ1) is 16.2. The van der Waals surface area contributed by atoms with Crippen molar-refractivity contribution in [3.63, 3.8) is 0 Å². The molecule has 0 amide bonds. The average Bonchev–Trinajstić information content (AvgIpc) is 2.84. The van der Waals surface area contributed by atoms with Crippen LogP contribution in [0, 0.1) is 0 Å². The number of rotatable bonds is 7. The molecule has 2 aliphatic heterocycles. The van der Waals surface area contributed by atoms with Crippen LogP contribution in [0.15, 0.2) is 68.1 Å². The minimum Gasteiger partial charge on any atom is -0.304 e. The second kappa shape index (κ2) is 10.9. The monoisotopic (exact) mass is 542 g/mol.